The summed E-state index contributed by atoms with van der Waals surface area (Å²) in [7, 11) is 0. The molecule has 0 N–H and O–H groups in total. The Labute approximate surface area is 252 Å². The number of unbranched alkanes of at least 4 members (excludes halogenated alkanes) is 2. The van der Waals surface area contributed by atoms with E-state index in [-0.39, 0.29) is 11.5 Å². The second kappa shape index (κ2) is 13.6. The predicted molar refractivity (Wildman–Crippen MR) is 157 cm³/mol. The highest BCUT2D eigenvalue weighted by Gasteiger charge is 2.40. The highest BCUT2D eigenvalue weighted by atomic mass is 19.3. The Kier molecular flexibility index (Phi) is 9.78. The number of hydrogen-bond donors (Lipinski definition) is 0. The lowest BCUT2D eigenvalue weighted by Crippen LogP contribution is -2.30. The van der Waals surface area contributed by atoms with Crippen LogP contribution in [0, 0.1) is 29.1 Å². The third-order valence-electron chi connectivity index (χ3n) is 8.38. The lowest BCUT2D eigenvalue weighted by Gasteiger charge is -2.31. The molecule has 0 radical (unpaired) electrons. The summed E-state index contributed by atoms with van der Waals surface area (Å²) < 4.78 is 105. The molecule has 1 saturated carbocycles. The summed E-state index contributed by atoms with van der Waals surface area (Å²) in [5.41, 5.74) is 2.13. The molecule has 0 bridgehead atoms. The van der Waals surface area contributed by atoms with Crippen LogP contribution in [-0.4, -0.2) is 6.10 Å². The van der Waals surface area contributed by atoms with Crippen molar-refractivity contribution in [2.24, 2.45) is 0 Å². The molecular weight excluding hydrogens is 581 g/mol. The fourth-order valence-electron chi connectivity index (χ4n) is 5.90. The molecule has 232 valence electrons. The SMILES string of the molecule is CCCCCc1ccc(C(F)(F)OC2CCC(c3ccc(-c4ccc(-c5cc(F)c(F)c(F)c5)cc4)c(F)c3)CC2)c(F)c1. The van der Waals surface area contributed by atoms with Gasteiger partial charge in [-0.3, -0.25) is 0 Å². The van der Waals surface area contributed by atoms with E-state index in [1.807, 2.05) is 0 Å². The molecule has 1 aliphatic rings. The average molecular weight is 615 g/mol. The molecule has 1 nitrogen and oxygen atoms in total. The van der Waals surface area contributed by atoms with E-state index in [0.29, 0.717) is 54.4 Å². The predicted octanol–water partition coefficient (Wildman–Crippen LogP) is 11.2. The molecule has 0 spiro atoms. The fraction of sp³-hybridized carbons (Fsp3) is 0.333. The lowest BCUT2D eigenvalue weighted by molar-refractivity contribution is -0.278. The molecule has 1 aliphatic carbocycles. The molecule has 4 aromatic rings. The quantitative estimate of drug-likeness (QED) is 0.0981. The van der Waals surface area contributed by atoms with Crippen molar-refractivity contribution in [1.82, 2.24) is 0 Å². The maximum atomic E-state index is 15.2. The number of rotatable bonds is 10. The highest BCUT2D eigenvalue weighted by Crippen LogP contribution is 2.40. The molecule has 4 aromatic carbocycles. The third kappa shape index (κ3) is 7.17. The van der Waals surface area contributed by atoms with Crippen LogP contribution in [0.2, 0.25) is 0 Å². The Morgan fingerprint density at radius 2 is 1.32 bits per heavy atom. The molecule has 0 saturated heterocycles. The van der Waals surface area contributed by atoms with Crippen molar-refractivity contribution in [2.75, 3.05) is 0 Å². The molecule has 1 fully saturated rings. The zero-order valence-corrected chi connectivity index (χ0v) is 24.3. The Morgan fingerprint density at radius 1 is 0.659 bits per heavy atom. The summed E-state index contributed by atoms with van der Waals surface area (Å²) in [6, 6.07) is 16.8. The molecule has 0 heterocycles. The Hall–Kier alpha value is -3.65. The second-order valence-corrected chi connectivity index (χ2v) is 11.5. The van der Waals surface area contributed by atoms with Crippen LogP contribution in [0.15, 0.2) is 72.8 Å². The van der Waals surface area contributed by atoms with Gasteiger partial charge in [0.2, 0.25) is 0 Å². The maximum absolute atomic E-state index is 15.2. The van der Waals surface area contributed by atoms with Gasteiger partial charge in [-0.05, 0) is 103 Å². The maximum Gasteiger partial charge on any atom is 0.386 e. The monoisotopic (exact) mass is 614 g/mol. The smallest absolute Gasteiger partial charge is 0.313 e. The standard InChI is InChI=1S/C36H33F7O/c1-2-3-4-5-22-6-17-30(32(38)18-22)36(42,43)44-28-14-11-23(12-15-28)26-13-16-29(31(37)19-26)25-9-7-24(8-10-25)27-20-33(39)35(41)34(40)21-27/h6-10,13,16-21,23,28H,2-5,11-12,14-15H2,1H3. The average Bonchev–Trinajstić information content (AvgIpc) is 3.00. The van der Waals surface area contributed by atoms with Crippen LogP contribution in [-0.2, 0) is 17.3 Å². The summed E-state index contributed by atoms with van der Waals surface area (Å²) >= 11 is 0. The summed E-state index contributed by atoms with van der Waals surface area (Å²) in [6.07, 6.45) is 0.675. The van der Waals surface area contributed by atoms with E-state index < -0.39 is 46.9 Å². The minimum absolute atomic E-state index is 0.0446. The third-order valence-corrected chi connectivity index (χ3v) is 8.38. The van der Waals surface area contributed by atoms with E-state index in [1.54, 1.807) is 36.4 Å². The molecule has 0 atom stereocenters. The van der Waals surface area contributed by atoms with Crippen molar-refractivity contribution >= 4 is 0 Å². The largest absolute Gasteiger partial charge is 0.386 e. The van der Waals surface area contributed by atoms with Crippen molar-refractivity contribution in [3.63, 3.8) is 0 Å². The normalized spacial score (nSPS) is 17.2. The van der Waals surface area contributed by atoms with E-state index in [4.69, 9.17) is 4.74 Å². The van der Waals surface area contributed by atoms with E-state index in [1.165, 1.54) is 18.2 Å². The van der Waals surface area contributed by atoms with Crippen LogP contribution in [0.5, 0.6) is 0 Å². The van der Waals surface area contributed by atoms with E-state index >= 15 is 4.39 Å². The van der Waals surface area contributed by atoms with Crippen molar-refractivity contribution in [1.29, 1.82) is 0 Å². The first-order chi connectivity index (χ1) is 21.1. The van der Waals surface area contributed by atoms with Gasteiger partial charge < -0.3 is 4.74 Å². The highest BCUT2D eigenvalue weighted by molar-refractivity contribution is 5.71. The van der Waals surface area contributed by atoms with Gasteiger partial charge in [0.25, 0.3) is 0 Å². The molecule has 0 aromatic heterocycles. The first kappa shape index (κ1) is 31.8. The molecule has 8 heteroatoms. The molecule has 0 unspecified atom stereocenters. The minimum Gasteiger partial charge on any atom is -0.313 e. The van der Waals surface area contributed by atoms with Crippen LogP contribution in [0.1, 0.15) is 74.5 Å². The van der Waals surface area contributed by atoms with Gasteiger partial charge in [-0.25, -0.2) is 22.0 Å². The van der Waals surface area contributed by atoms with Gasteiger partial charge >= 0.3 is 6.11 Å². The summed E-state index contributed by atoms with van der Waals surface area (Å²) in [5, 5.41) is 0. The molecule has 5 rings (SSSR count). The van der Waals surface area contributed by atoms with Crippen LogP contribution < -0.4 is 0 Å². The van der Waals surface area contributed by atoms with Crippen LogP contribution in [0.4, 0.5) is 30.7 Å². The van der Waals surface area contributed by atoms with E-state index in [2.05, 4.69) is 6.92 Å². The number of ether oxygens (including phenoxy) is 1. The van der Waals surface area contributed by atoms with Crippen LogP contribution in [0.3, 0.4) is 0 Å². The zero-order chi connectivity index (χ0) is 31.4. The molecular formula is C36H33F7O. The van der Waals surface area contributed by atoms with Crippen molar-refractivity contribution in [2.45, 2.75) is 76.4 Å². The van der Waals surface area contributed by atoms with Crippen LogP contribution in [0.25, 0.3) is 22.3 Å². The number of alkyl halides is 2. The first-order valence-corrected chi connectivity index (χ1v) is 14.9. The van der Waals surface area contributed by atoms with Crippen molar-refractivity contribution in [3.8, 4) is 22.3 Å². The number of halogens is 7. The second-order valence-electron chi connectivity index (χ2n) is 11.5. The van der Waals surface area contributed by atoms with Gasteiger partial charge in [0.1, 0.15) is 11.6 Å². The lowest BCUT2D eigenvalue weighted by atomic mass is 9.82. The van der Waals surface area contributed by atoms with Crippen LogP contribution >= 0.6 is 0 Å². The van der Waals surface area contributed by atoms with Gasteiger partial charge in [0.05, 0.1) is 11.7 Å². The zero-order valence-electron chi connectivity index (χ0n) is 24.3. The first-order valence-electron chi connectivity index (χ1n) is 14.9. The van der Waals surface area contributed by atoms with Gasteiger partial charge in [-0.15, -0.1) is 0 Å². The number of benzene rings is 4. The van der Waals surface area contributed by atoms with E-state index in [9.17, 15) is 26.3 Å². The van der Waals surface area contributed by atoms with Crippen molar-refractivity contribution < 1.29 is 35.5 Å². The Morgan fingerprint density at radius 3 is 1.93 bits per heavy atom. The summed E-state index contributed by atoms with van der Waals surface area (Å²) in [5.74, 6) is -5.61. The van der Waals surface area contributed by atoms with Crippen molar-refractivity contribution in [3.05, 3.63) is 119 Å². The van der Waals surface area contributed by atoms with Gasteiger partial charge in [0.15, 0.2) is 17.5 Å². The fourth-order valence-corrected chi connectivity index (χ4v) is 5.90. The minimum atomic E-state index is -3.76. The Bertz CT molecular complexity index is 1570. The molecule has 0 amide bonds. The summed E-state index contributed by atoms with van der Waals surface area (Å²) in [4.78, 5) is 0. The summed E-state index contributed by atoms with van der Waals surface area (Å²) in [6.45, 7) is 2.06. The number of aryl methyl sites for hydroxylation is 1. The molecule has 0 aliphatic heterocycles. The Balaban J connectivity index is 1.19. The van der Waals surface area contributed by atoms with Gasteiger partial charge in [-0.1, -0.05) is 62.2 Å². The van der Waals surface area contributed by atoms with E-state index in [0.717, 1.165) is 43.0 Å². The topological polar surface area (TPSA) is 9.23 Å². The van der Waals surface area contributed by atoms with Gasteiger partial charge in [-0.2, -0.15) is 8.78 Å². The molecule has 44 heavy (non-hydrogen) atoms. The number of hydrogen-bond acceptors (Lipinski definition) is 1. The van der Waals surface area contributed by atoms with Gasteiger partial charge in [0, 0.05) is 5.56 Å².